The molecule has 2 N–H and O–H groups in total. The quantitative estimate of drug-likeness (QED) is 0.170. The predicted octanol–water partition coefficient (Wildman–Crippen LogP) is 12.4. The summed E-state index contributed by atoms with van der Waals surface area (Å²) in [6.07, 6.45) is 12.0. The summed E-state index contributed by atoms with van der Waals surface area (Å²) in [5, 5.41) is 0. The van der Waals surface area contributed by atoms with Crippen molar-refractivity contribution in [3.63, 3.8) is 0 Å². The number of allylic oxidation sites excluding steroid dienone is 7. The molecule has 8 bridgehead atoms. The maximum atomic E-state index is 13.3. The van der Waals surface area contributed by atoms with Gasteiger partial charge in [-0.25, -0.2) is 9.97 Å². The van der Waals surface area contributed by atoms with Gasteiger partial charge in [0, 0.05) is 67.5 Å². The van der Waals surface area contributed by atoms with Crippen LogP contribution in [0.15, 0.2) is 181 Å². The number of hydrogen-bond acceptors (Lipinski definition) is 4. The molecule has 60 heavy (non-hydrogen) atoms. The van der Waals surface area contributed by atoms with E-state index in [1.807, 2.05) is 48.5 Å². The summed E-state index contributed by atoms with van der Waals surface area (Å²) in [5.74, 6) is -0.211. The summed E-state index contributed by atoms with van der Waals surface area (Å²) in [5.41, 5.74) is 17.8. The van der Waals surface area contributed by atoms with Gasteiger partial charge in [-0.3, -0.25) is 9.59 Å². The topological polar surface area (TPSA) is 91.5 Å². The van der Waals surface area contributed by atoms with E-state index in [2.05, 4.69) is 131 Å². The molecule has 0 fully saturated rings. The van der Waals surface area contributed by atoms with Gasteiger partial charge in [-0.2, -0.15) is 0 Å². The van der Waals surface area contributed by atoms with E-state index in [9.17, 15) is 9.59 Å². The van der Waals surface area contributed by atoms with Gasteiger partial charge in [0.15, 0.2) is 11.6 Å². The molecule has 0 amide bonds. The van der Waals surface area contributed by atoms with Gasteiger partial charge in [0.1, 0.15) is 0 Å². The Balaban J connectivity index is 1.31. The summed E-state index contributed by atoms with van der Waals surface area (Å²) >= 11 is 0. The van der Waals surface area contributed by atoms with Gasteiger partial charge in [-0.1, -0.05) is 127 Å². The van der Waals surface area contributed by atoms with E-state index in [-0.39, 0.29) is 11.6 Å². The zero-order valence-corrected chi connectivity index (χ0v) is 32.4. The molecule has 4 aliphatic rings. The molecule has 7 aromatic rings. The molecule has 0 saturated heterocycles. The Hall–Kier alpha value is -7.96. The van der Waals surface area contributed by atoms with Crippen LogP contribution in [0.2, 0.25) is 0 Å². The molecule has 6 heteroatoms. The number of carbonyl (C=O) groups excluding carboxylic acids is 2. The summed E-state index contributed by atoms with van der Waals surface area (Å²) in [6, 6.07) is 50.0. The molecule has 0 spiro atoms. The Labute approximate surface area is 346 Å². The van der Waals surface area contributed by atoms with Crippen LogP contribution in [0, 0.1) is 0 Å². The van der Waals surface area contributed by atoms with Crippen LogP contribution in [0.3, 0.4) is 0 Å². The molecule has 11 rings (SSSR count). The number of nitrogens with zero attached hydrogens (tertiary/aromatic N) is 2. The number of aromatic nitrogens is 4. The highest BCUT2D eigenvalue weighted by Crippen LogP contribution is 2.45. The molecule has 0 atom stereocenters. The number of rotatable bonds is 5. The summed E-state index contributed by atoms with van der Waals surface area (Å²) in [6.45, 7) is 0. The van der Waals surface area contributed by atoms with Crippen molar-refractivity contribution in [1.82, 2.24) is 19.9 Å². The number of carbonyl (C=O) groups is 2. The normalized spacial score (nSPS) is 14.6. The van der Waals surface area contributed by atoms with Crippen LogP contribution < -0.4 is 0 Å². The second kappa shape index (κ2) is 14.5. The Morgan fingerprint density at radius 2 is 0.833 bits per heavy atom. The van der Waals surface area contributed by atoms with E-state index in [1.54, 1.807) is 0 Å². The van der Waals surface area contributed by atoms with Crippen molar-refractivity contribution in [3.8, 4) is 44.5 Å². The molecular formula is C54H36N4O2. The van der Waals surface area contributed by atoms with Gasteiger partial charge < -0.3 is 9.97 Å². The van der Waals surface area contributed by atoms with E-state index in [1.165, 1.54) is 12.2 Å². The number of benzene rings is 4. The standard InChI is InChI=1S/C54H36N4O2/c59-48-29-30-49(60)40-31-37(21-22-38(40)48)39-32-47-52(35-17-9-3-10-18-35)45-26-25-43(56-45)50(33-13-5-1-6-14-33)41-23-24-42(55-41)51(34-15-7-2-8-16-34)44-27-28-46(57-44)53(54(39)58-47)36-19-11-4-12-20-36/h1-21,23-30,32,56-57H,22,31H2. The smallest absolute Gasteiger partial charge is 0.182 e. The lowest BCUT2D eigenvalue weighted by atomic mass is 9.80. The molecule has 2 aliphatic carbocycles. The zero-order chi connectivity index (χ0) is 40.2. The highest BCUT2D eigenvalue weighted by Gasteiger charge is 2.30. The molecule has 284 valence electrons. The van der Waals surface area contributed by atoms with E-state index in [4.69, 9.17) is 9.97 Å². The average Bonchev–Trinajstić information content (AvgIpc) is 4.14. The lowest BCUT2D eigenvalue weighted by Gasteiger charge is -2.21. The molecular weight excluding hydrogens is 737 g/mol. The van der Waals surface area contributed by atoms with Crippen molar-refractivity contribution >= 4 is 57.4 Å². The van der Waals surface area contributed by atoms with Crippen LogP contribution in [0.25, 0.3) is 90.4 Å². The molecule has 5 heterocycles. The zero-order valence-electron chi connectivity index (χ0n) is 32.4. The van der Waals surface area contributed by atoms with Gasteiger partial charge in [0.05, 0.1) is 22.8 Å². The lowest BCUT2D eigenvalue weighted by molar-refractivity contribution is -0.115. The first kappa shape index (κ1) is 35.2. The summed E-state index contributed by atoms with van der Waals surface area (Å²) in [7, 11) is 0. The average molecular weight is 773 g/mol. The molecule has 2 aliphatic heterocycles. The van der Waals surface area contributed by atoms with Gasteiger partial charge >= 0.3 is 0 Å². The van der Waals surface area contributed by atoms with Crippen LogP contribution in [0.1, 0.15) is 35.6 Å². The summed E-state index contributed by atoms with van der Waals surface area (Å²) in [4.78, 5) is 45.1. The minimum Gasteiger partial charge on any atom is -0.354 e. The minimum atomic E-state index is -0.114. The fraction of sp³-hybridized carbons (Fsp3) is 0.0370. The van der Waals surface area contributed by atoms with Crippen LogP contribution in [-0.2, 0) is 9.59 Å². The van der Waals surface area contributed by atoms with Crippen LogP contribution in [0.5, 0.6) is 0 Å². The Morgan fingerprint density at radius 3 is 1.32 bits per heavy atom. The number of aromatic amines is 2. The SMILES string of the molecule is O=C1C=CC(=O)C2=C1CC=C(C1=Cc3nc1c(-c1ccccc1)c1ccc([nH]1)c(-c1ccccc1)c1nc(c(-c4ccccc4)c4ccc([nH]4)c3-c3ccccc3)C=C1)C2. The first-order valence-electron chi connectivity index (χ1n) is 20.2. The van der Waals surface area contributed by atoms with Crippen molar-refractivity contribution in [1.29, 1.82) is 0 Å². The number of fused-ring (bicyclic) bond motifs is 8. The third kappa shape index (κ3) is 6.05. The Morgan fingerprint density at radius 1 is 0.417 bits per heavy atom. The molecule has 4 aromatic carbocycles. The van der Waals surface area contributed by atoms with Crippen molar-refractivity contribution < 1.29 is 9.59 Å². The monoisotopic (exact) mass is 772 g/mol. The molecule has 0 unspecified atom stereocenters. The second-order valence-corrected chi connectivity index (χ2v) is 15.3. The van der Waals surface area contributed by atoms with Crippen LogP contribution >= 0.6 is 0 Å². The van der Waals surface area contributed by atoms with Crippen LogP contribution in [-0.4, -0.2) is 31.5 Å². The third-order valence-corrected chi connectivity index (χ3v) is 11.7. The predicted molar refractivity (Wildman–Crippen MR) is 243 cm³/mol. The van der Waals surface area contributed by atoms with Gasteiger partial charge in [0.25, 0.3) is 0 Å². The number of hydrogen-bond donors (Lipinski definition) is 2. The highest BCUT2D eigenvalue weighted by molar-refractivity contribution is 6.21. The summed E-state index contributed by atoms with van der Waals surface area (Å²) < 4.78 is 0. The van der Waals surface area contributed by atoms with E-state index in [0.29, 0.717) is 24.0 Å². The largest absolute Gasteiger partial charge is 0.354 e. The highest BCUT2D eigenvalue weighted by atomic mass is 16.1. The van der Waals surface area contributed by atoms with Crippen LogP contribution in [0.4, 0.5) is 0 Å². The van der Waals surface area contributed by atoms with Crippen molar-refractivity contribution in [2.75, 3.05) is 0 Å². The maximum Gasteiger partial charge on any atom is 0.182 e. The molecule has 0 radical (unpaired) electrons. The van der Waals surface area contributed by atoms with E-state index in [0.717, 1.165) is 100 Å². The van der Waals surface area contributed by atoms with Gasteiger partial charge in [-0.05, 0) is 88.9 Å². The fourth-order valence-electron chi connectivity index (χ4n) is 8.92. The van der Waals surface area contributed by atoms with E-state index >= 15 is 0 Å². The third-order valence-electron chi connectivity index (χ3n) is 11.7. The lowest BCUT2D eigenvalue weighted by Crippen LogP contribution is -2.17. The second-order valence-electron chi connectivity index (χ2n) is 15.3. The first-order valence-corrected chi connectivity index (χ1v) is 20.2. The number of ketones is 2. The molecule has 0 saturated carbocycles. The Bertz CT molecular complexity index is 3250. The van der Waals surface area contributed by atoms with Gasteiger partial charge in [-0.15, -0.1) is 0 Å². The number of nitrogens with one attached hydrogen (secondary N) is 2. The molecule has 6 nitrogen and oxygen atoms in total. The minimum absolute atomic E-state index is 0.0973. The first-order chi connectivity index (χ1) is 29.6. The van der Waals surface area contributed by atoms with Crippen molar-refractivity contribution in [3.05, 3.63) is 203 Å². The van der Waals surface area contributed by atoms with Crippen molar-refractivity contribution in [2.24, 2.45) is 0 Å². The Kier molecular flexibility index (Phi) is 8.48. The fourth-order valence-corrected chi connectivity index (χ4v) is 8.92. The number of H-pyrrole nitrogens is 2. The van der Waals surface area contributed by atoms with Crippen molar-refractivity contribution in [2.45, 2.75) is 12.8 Å². The van der Waals surface area contributed by atoms with Gasteiger partial charge in [0.2, 0.25) is 0 Å². The van der Waals surface area contributed by atoms with E-state index < -0.39 is 0 Å². The maximum absolute atomic E-state index is 13.3. The molecule has 3 aromatic heterocycles.